The number of likely N-dealkylation sites (N-methyl/N-ethyl adjacent to an activating group) is 1. The van der Waals surface area contributed by atoms with Crippen LogP contribution in [-0.2, 0) is 26.2 Å². The second-order valence-electron chi connectivity index (χ2n) is 5.73. The molecule has 0 unspecified atom stereocenters. The summed E-state index contributed by atoms with van der Waals surface area (Å²) < 4.78 is 26.2. The summed E-state index contributed by atoms with van der Waals surface area (Å²) in [6.07, 6.45) is 2.52. The van der Waals surface area contributed by atoms with Gasteiger partial charge in [-0.05, 0) is 17.7 Å². The van der Waals surface area contributed by atoms with Crippen molar-refractivity contribution in [1.82, 2.24) is 14.2 Å². The predicted octanol–water partition coefficient (Wildman–Crippen LogP) is 1.03. The van der Waals surface area contributed by atoms with Gasteiger partial charge in [-0.15, -0.1) is 0 Å². The Kier molecular flexibility index (Phi) is 4.65. The lowest BCUT2D eigenvalue weighted by Gasteiger charge is -2.22. The lowest BCUT2D eigenvalue weighted by atomic mass is 10.2. The number of pyridine rings is 1. The maximum Gasteiger partial charge on any atom is 0.248 e. The first-order valence-corrected chi connectivity index (χ1v) is 9.11. The van der Waals surface area contributed by atoms with Gasteiger partial charge in [0, 0.05) is 19.4 Å². The number of rotatable bonds is 5. The Labute approximate surface area is 145 Å². The zero-order valence-corrected chi connectivity index (χ0v) is 14.4. The van der Waals surface area contributed by atoms with Crippen molar-refractivity contribution in [3.63, 3.8) is 0 Å². The largest absolute Gasteiger partial charge is 0.277 e. The summed E-state index contributed by atoms with van der Waals surface area (Å²) in [4.78, 5) is 29.8. The minimum atomic E-state index is -3.90. The monoisotopic (exact) mass is 359 g/mol. The van der Waals surface area contributed by atoms with Crippen molar-refractivity contribution in [3.8, 4) is 0 Å². The average Bonchev–Trinajstić information content (AvgIpc) is 2.91. The highest BCUT2D eigenvalue weighted by molar-refractivity contribution is 7.89. The van der Waals surface area contributed by atoms with Crippen LogP contribution in [0.2, 0.25) is 0 Å². The van der Waals surface area contributed by atoms with Gasteiger partial charge in [0.05, 0.1) is 13.0 Å². The molecule has 1 fully saturated rings. The molecule has 1 aliphatic heterocycles. The lowest BCUT2D eigenvalue weighted by molar-refractivity contribution is -0.139. The Balaban J connectivity index is 1.82. The smallest absolute Gasteiger partial charge is 0.248 e. The summed E-state index contributed by atoms with van der Waals surface area (Å²) >= 11 is 0. The Morgan fingerprint density at radius 1 is 1.16 bits per heavy atom. The molecule has 7 nitrogen and oxygen atoms in total. The van der Waals surface area contributed by atoms with Gasteiger partial charge in [0.25, 0.3) is 0 Å². The molecule has 0 N–H and O–H groups in total. The van der Waals surface area contributed by atoms with Crippen LogP contribution in [0.1, 0.15) is 12.0 Å². The van der Waals surface area contributed by atoms with Crippen molar-refractivity contribution >= 4 is 21.8 Å². The number of aromatic nitrogens is 1. The first kappa shape index (κ1) is 17.2. The van der Waals surface area contributed by atoms with E-state index in [1.807, 2.05) is 30.3 Å². The molecule has 1 aromatic heterocycles. The van der Waals surface area contributed by atoms with Gasteiger partial charge >= 0.3 is 0 Å². The molecule has 2 aromatic rings. The fourth-order valence-corrected chi connectivity index (χ4v) is 3.99. The van der Waals surface area contributed by atoms with Gasteiger partial charge in [-0.2, -0.15) is 4.31 Å². The molecule has 2 amide bonds. The van der Waals surface area contributed by atoms with E-state index in [1.165, 1.54) is 31.6 Å². The summed E-state index contributed by atoms with van der Waals surface area (Å²) in [6.45, 7) is 0.135. The molecule has 1 saturated heterocycles. The molecule has 2 heterocycles. The van der Waals surface area contributed by atoms with Crippen molar-refractivity contribution < 1.29 is 18.0 Å². The molecule has 0 saturated carbocycles. The first-order chi connectivity index (χ1) is 11.9. The summed E-state index contributed by atoms with van der Waals surface area (Å²) in [5, 5.41) is 0. The second kappa shape index (κ2) is 6.73. The highest BCUT2D eigenvalue weighted by Crippen LogP contribution is 2.24. The van der Waals surface area contributed by atoms with E-state index >= 15 is 0 Å². The molecule has 1 aliphatic rings. The number of benzene rings is 1. The fourth-order valence-electron chi connectivity index (χ4n) is 2.72. The van der Waals surface area contributed by atoms with E-state index in [4.69, 9.17) is 0 Å². The summed E-state index contributed by atoms with van der Waals surface area (Å²) in [5.41, 5.74) is 0.808. The van der Waals surface area contributed by atoms with Crippen LogP contribution in [0, 0.1) is 0 Å². The van der Waals surface area contributed by atoms with Crippen LogP contribution in [-0.4, -0.2) is 47.5 Å². The van der Waals surface area contributed by atoms with Crippen molar-refractivity contribution in [3.05, 3.63) is 60.4 Å². The summed E-state index contributed by atoms with van der Waals surface area (Å²) in [7, 11) is -2.59. The van der Waals surface area contributed by atoms with Crippen molar-refractivity contribution in [2.24, 2.45) is 0 Å². The number of carbonyl (C=O) groups excluding carboxylic acids is 2. The number of amides is 2. The maximum atomic E-state index is 12.6. The number of nitrogens with zero attached hydrogens (tertiary/aromatic N) is 3. The van der Waals surface area contributed by atoms with Gasteiger partial charge in [-0.1, -0.05) is 30.3 Å². The average molecular weight is 359 g/mol. The van der Waals surface area contributed by atoms with Crippen LogP contribution in [0.15, 0.2) is 59.8 Å². The molecule has 3 rings (SSSR count). The SMILES string of the molecule is CN([C@H]1CC(=O)N(Cc2ccccc2)C1=O)S(=O)(=O)c1cccnc1. The quantitative estimate of drug-likeness (QED) is 0.744. The fraction of sp³-hybridized carbons (Fsp3) is 0.235. The minimum absolute atomic E-state index is 0.0146. The number of carbonyl (C=O) groups is 2. The maximum absolute atomic E-state index is 12.6. The van der Waals surface area contributed by atoms with E-state index < -0.39 is 22.0 Å². The summed E-state index contributed by atoms with van der Waals surface area (Å²) in [5.74, 6) is -0.893. The third kappa shape index (κ3) is 3.31. The lowest BCUT2D eigenvalue weighted by Crippen LogP contribution is -2.42. The van der Waals surface area contributed by atoms with Crippen molar-refractivity contribution in [1.29, 1.82) is 0 Å². The standard InChI is InChI=1S/C17H17N3O4S/c1-19(25(23,24)14-8-5-9-18-11-14)15-10-16(21)20(17(15)22)12-13-6-3-2-4-7-13/h2-9,11,15H,10,12H2,1H3/t15-/m0/s1. The number of imide groups is 1. The van der Waals surface area contributed by atoms with E-state index in [9.17, 15) is 18.0 Å². The van der Waals surface area contributed by atoms with E-state index in [0.29, 0.717) is 0 Å². The van der Waals surface area contributed by atoms with Crippen molar-refractivity contribution in [2.75, 3.05) is 7.05 Å². The Morgan fingerprint density at radius 3 is 2.52 bits per heavy atom. The van der Waals surface area contributed by atoms with E-state index in [-0.39, 0.29) is 23.8 Å². The van der Waals surface area contributed by atoms with Crippen LogP contribution >= 0.6 is 0 Å². The topological polar surface area (TPSA) is 87.7 Å². The van der Waals surface area contributed by atoms with E-state index in [1.54, 1.807) is 0 Å². The normalized spacial score (nSPS) is 18.2. The Bertz CT molecular complexity index is 885. The summed E-state index contributed by atoms with van der Waals surface area (Å²) in [6, 6.07) is 11.0. The highest BCUT2D eigenvalue weighted by atomic mass is 32.2. The second-order valence-corrected chi connectivity index (χ2v) is 7.73. The van der Waals surface area contributed by atoms with Crippen LogP contribution in [0.3, 0.4) is 0 Å². The molecular formula is C17H17N3O4S. The number of sulfonamides is 1. The van der Waals surface area contributed by atoms with Gasteiger partial charge in [0.2, 0.25) is 21.8 Å². The van der Waals surface area contributed by atoms with E-state index in [2.05, 4.69) is 4.98 Å². The number of hydrogen-bond donors (Lipinski definition) is 0. The Hall–Kier alpha value is -2.58. The zero-order chi connectivity index (χ0) is 18.0. The molecule has 8 heteroatoms. The molecule has 1 atom stereocenters. The molecule has 0 bridgehead atoms. The number of likely N-dealkylation sites (tertiary alicyclic amines) is 1. The molecule has 1 aromatic carbocycles. The van der Waals surface area contributed by atoms with Crippen LogP contribution in [0.4, 0.5) is 0 Å². The van der Waals surface area contributed by atoms with E-state index in [0.717, 1.165) is 14.8 Å². The third-order valence-electron chi connectivity index (χ3n) is 4.15. The number of hydrogen-bond acceptors (Lipinski definition) is 5. The van der Waals surface area contributed by atoms with Crippen LogP contribution < -0.4 is 0 Å². The molecule has 25 heavy (non-hydrogen) atoms. The molecule has 0 radical (unpaired) electrons. The van der Waals surface area contributed by atoms with Crippen LogP contribution in [0.5, 0.6) is 0 Å². The Morgan fingerprint density at radius 2 is 1.88 bits per heavy atom. The van der Waals surface area contributed by atoms with Gasteiger partial charge in [0.1, 0.15) is 10.9 Å². The highest BCUT2D eigenvalue weighted by Gasteiger charge is 2.44. The molecule has 0 spiro atoms. The molecule has 0 aliphatic carbocycles. The van der Waals surface area contributed by atoms with Gasteiger partial charge < -0.3 is 0 Å². The zero-order valence-electron chi connectivity index (χ0n) is 13.6. The molecule has 130 valence electrons. The predicted molar refractivity (Wildman–Crippen MR) is 89.6 cm³/mol. The first-order valence-electron chi connectivity index (χ1n) is 7.67. The van der Waals surface area contributed by atoms with Gasteiger partial charge in [-0.3, -0.25) is 19.5 Å². The van der Waals surface area contributed by atoms with Gasteiger partial charge in [0.15, 0.2) is 0 Å². The third-order valence-corrected chi connectivity index (χ3v) is 6.00. The van der Waals surface area contributed by atoms with Gasteiger partial charge in [-0.25, -0.2) is 8.42 Å². The minimum Gasteiger partial charge on any atom is -0.277 e. The molecular weight excluding hydrogens is 342 g/mol. The van der Waals surface area contributed by atoms with Crippen molar-refractivity contribution in [2.45, 2.75) is 23.9 Å². The van der Waals surface area contributed by atoms with Crippen LogP contribution in [0.25, 0.3) is 0 Å².